The fourth-order valence-electron chi connectivity index (χ4n) is 3.79. The van der Waals surface area contributed by atoms with Crippen LogP contribution in [0.5, 0.6) is 0 Å². The Hall–Kier alpha value is -2.58. The molecule has 7 nitrogen and oxygen atoms in total. The zero-order valence-corrected chi connectivity index (χ0v) is 23.1. The summed E-state index contributed by atoms with van der Waals surface area (Å²) in [4.78, 5) is 28.4. The maximum atomic E-state index is 13.8. The minimum Gasteiger partial charge on any atom is -0.350 e. The van der Waals surface area contributed by atoms with Gasteiger partial charge in [-0.15, -0.1) is 0 Å². The lowest BCUT2D eigenvalue weighted by atomic mass is 10.0. The lowest BCUT2D eigenvalue weighted by molar-refractivity contribution is -0.141. The minimum atomic E-state index is -3.82. The van der Waals surface area contributed by atoms with E-state index in [0.717, 1.165) is 21.7 Å². The lowest BCUT2D eigenvalue weighted by Crippen LogP contribution is -2.55. The zero-order valence-electron chi connectivity index (χ0n) is 21.6. The number of nitrogens with zero attached hydrogens (tertiary/aromatic N) is 2. The molecule has 192 valence electrons. The first-order valence-electron chi connectivity index (χ1n) is 11.5. The third-order valence-corrected chi connectivity index (χ3v) is 6.97. The molecule has 0 heterocycles. The van der Waals surface area contributed by atoms with Gasteiger partial charge in [-0.05, 0) is 69.9 Å². The van der Waals surface area contributed by atoms with Crippen molar-refractivity contribution >= 4 is 39.1 Å². The van der Waals surface area contributed by atoms with Gasteiger partial charge < -0.3 is 10.2 Å². The van der Waals surface area contributed by atoms with Crippen LogP contribution in [0.15, 0.2) is 42.5 Å². The second-order valence-corrected chi connectivity index (χ2v) is 12.2. The van der Waals surface area contributed by atoms with E-state index in [2.05, 4.69) is 5.32 Å². The highest BCUT2D eigenvalue weighted by Crippen LogP contribution is 2.27. The van der Waals surface area contributed by atoms with E-state index in [1.165, 1.54) is 11.0 Å². The van der Waals surface area contributed by atoms with E-state index in [4.69, 9.17) is 11.6 Å². The zero-order chi connectivity index (χ0) is 26.6. The highest BCUT2D eigenvalue weighted by atomic mass is 35.5. The van der Waals surface area contributed by atoms with Crippen molar-refractivity contribution in [2.75, 3.05) is 17.1 Å². The van der Waals surface area contributed by atoms with Crippen LogP contribution in [0.3, 0.4) is 0 Å². The first-order valence-corrected chi connectivity index (χ1v) is 13.8. The molecular formula is C26H36ClN3O4S. The molecule has 2 rings (SSSR count). The van der Waals surface area contributed by atoms with E-state index in [9.17, 15) is 18.0 Å². The maximum Gasteiger partial charge on any atom is 0.244 e. The summed E-state index contributed by atoms with van der Waals surface area (Å²) in [6, 6.07) is 11.7. The molecule has 2 aromatic rings. The van der Waals surface area contributed by atoms with Gasteiger partial charge in [0.1, 0.15) is 12.6 Å². The summed E-state index contributed by atoms with van der Waals surface area (Å²) in [5.74, 6) is -0.763. The molecular weight excluding hydrogens is 486 g/mol. The van der Waals surface area contributed by atoms with Crippen molar-refractivity contribution in [3.05, 3.63) is 64.2 Å². The molecule has 9 heteroatoms. The monoisotopic (exact) mass is 521 g/mol. The fraction of sp³-hybridized carbons (Fsp3) is 0.462. The van der Waals surface area contributed by atoms with E-state index in [1.807, 2.05) is 58.9 Å². The van der Waals surface area contributed by atoms with Gasteiger partial charge in [-0.2, -0.15) is 0 Å². The molecule has 1 atom stereocenters. The van der Waals surface area contributed by atoms with Crippen LogP contribution >= 0.6 is 11.6 Å². The summed E-state index contributed by atoms with van der Waals surface area (Å²) in [5.41, 5.74) is 2.36. The third-order valence-electron chi connectivity index (χ3n) is 5.61. The van der Waals surface area contributed by atoms with Crippen LogP contribution in [0, 0.1) is 13.8 Å². The third kappa shape index (κ3) is 7.97. The summed E-state index contributed by atoms with van der Waals surface area (Å²) in [6.07, 6.45) is 1.42. The number of aryl methyl sites for hydroxylation is 2. The molecule has 0 aliphatic heterocycles. The summed E-state index contributed by atoms with van der Waals surface area (Å²) in [5, 5.41) is 3.32. The van der Waals surface area contributed by atoms with Crippen molar-refractivity contribution < 1.29 is 18.0 Å². The number of sulfonamides is 1. The molecule has 0 fully saturated rings. The lowest BCUT2D eigenvalue weighted by Gasteiger charge is -2.35. The molecule has 35 heavy (non-hydrogen) atoms. The largest absolute Gasteiger partial charge is 0.350 e. The second-order valence-electron chi connectivity index (χ2n) is 9.81. The minimum absolute atomic E-state index is 0.174. The number of anilines is 1. The van der Waals surface area contributed by atoms with E-state index in [1.54, 1.807) is 19.1 Å². The first-order chi connectivity index (χ1) is 16.1. The van der Waals surface area contributed by atoms with Crippen LogP contribution in [-0.4, -0.2) is 49.5 Å². The van der Waals surface area contributed by atoms with Gasteiger partial charge in [0.2, 0.25) is 21.8 Å². The average molecular weight is 522 g/mol. The Morgan fingerprint density at radius 2 is 1.69 bits per heavy atom. The van der Waals surface area contributed by atoms with Crippen LogP contribution in [0.25, 0.3) is 0 Å². The van der Waals surface area contributed by atoms with Crippen LogP contribution < -0.4 is 9.62 Å². The number of carbonyl (C=O) groups is 2. The topological polar surface area (TPSA) is 86.8 Å². The van der Waals surface area contributed by atoms with E-state index < -0.39 is 34.1 Å². The summed E-state index contributed by atoms with van der Waals surface area (Å²) < 4.78 is 26.6. The second kappa shape index (κ2) is 11.4. The van der Waals surface area contributed by atoms with Crippen molar-refractivity contribution in [2.24, 2.45) is 0 Å². The summed E-state index contributed by atoms with van der Waals surface area (Å²) >= 11 is 6.14. The molecule has 0 saturated heterocycles. The number of halogens is 1. The normalized spacial score (nSPS) is 12.7. The van der Waals surface area contributed by atoms with Crippen LogP contribution in [0.2, 0.25) is 5.02 Å². The Kier molecular flexibility index (Phi) is 9.36. The predicted octanol–water partition coefficient (Wildman–Crippen LogP) is 4.44. The molecule has 1 N–H and O–H groups in total. The number of amides is 2. The molecule has 0 spiro atoms. The van der Waals surface area contributed by atoms with Crippen molar-refractivity contribution in [3.63, 3.8) is 0 Å². The van der Waals surface area contributed by atoms with E-state index in [0.29, 0.717) is 22.7 Å². The maximum absolute atomic E-state index is 13.8. The predicted molar refractivity (Wildman–Crippen MR) is 142 cm³/mol. The molecule has 0 aromatic heterocycles. The van der Waals surface area contributed by atoms with Gasteiger partial charge in [-0.1, -0.05) is 48.9 Å². The fourth-order valence-corrected chi connectivity index (χ4v) is 4.85. The number of hydrogen-bond donors (Lipinski definition) is 1. The molecule has 0 aliphatic rings. The van der Waals surface area contributed by atoms with Crippen molar-refractivity contribution in [1.29, 1.82) is 0 Å². The van der Waals surface area contributed by atoms with Crippen molar-refractivity contribution in [2.45, 2.75) is 66.1 Å². The number of rotatable bonds is 9. The molecule has 0 aliphatic carbocycles. The Morgan fingerprint density at radius 3 is 2.23 bits per heavy atom. The molecule has 0 saturated carbocycles. The SMILES string of the molecule is CC[C@@H](C(=O)NC(C)(C)C)N(Cc1ccccc1C)C(=O)CN(c1cc(Cl)ccc1C)S(C)(=O)=O. The Morgan fingerprint density at radius 1 is 1.06 bits per heavy atom. The van der Waals surface area contributed by atoms with Gasteiger partial charge in [0.05, 0.1) is 11.9 Å². The number of benzene rings is 2. The van der Waals surface area contributed by atoms with Crippen molar-refractivity contribution in [1.82, 2.24) is 10.2 Å². The van der Waals surface area contributed by atoms with Crippen molar-refractivity contribution in [3.8, 4) is 0 Å². The molecule has 0 radical (unpaired) electrons. The number of hydrogen-bond acceptors (Lipinski definition) is 4. The standard InChI is InChI=1S/C26H36ClN3O4S/c1-8-22(25(32)28-26(4,5)6)29(16-20-12-10-9-11-18(20)2)24(31)17-30(35(7,33)34)23-15-21(27)14-13-19(23)3/h9-15,22H,8,16-17H2,1-7H3,(H,28,32)/t22-/m0/s1. The first kappa shape index (κ1) is 28.7. The number of carbonyl (C=O) groups excluding carboxylic acids is 2. The average Bonchev–Trinajstić information content (AvgIpc) is 2.73. The smallest absolute Gasteiger partial charge is 0.244 e. The Labute approximate surface area is 214 Å². The quantitative estimate of drug-likeness (QED) is 0.528. The molecule has 2 amide bonds. The Bertz CT molecular complexity index is 1180. The van der Waals surface area contributed by atoms with E-state index >= 15 is 0 Å². The van der Waals surface area contributed by atoms with Gasteiger partial charge >= 0.3 is 0 Å². The van der Waals surface area contributed by atoms with Crippen LogP contribution in [-0.2, 0) is 26.2 Å². The van der Waals surface area contributed by atoms with Gasteiger partial charge in [0.15, 0.2) is 0 Å². The van der Waals surface area contributed by atoms with Crippen LogP contribution in [0.4, 0.5) is 5.69 Å². The molecule has 0 bridgehead atoms. The van der Waals surface area contributed by atoms with Gasteiger partial charge in [-0.3, -0.25) is 13.9 Å². The number of nitrogens with one attached hydrogen (secondary N) is 1. The summed E-state index contributed by atoms with van der Waals surface area (Å²) in [7, 11) is -3.82. The van der Waals surface area contributed by atoms with Gasteiger partial charge in [0, 0.05) is 17.1 Å². The highest BCUT2D eigenvalue weighted by Gasteiger charge is 2.33. The Balaban J connectivity index is 2.52. The van der Waals surface area contributed by atoms with Gasteiger partial charge in [-0.25, -0.2) is 8.42 Å². The molecule has 0 unspecified atom stereocenters. The summed E-state index contributed by atoms with van der Waals surface area (Å²) in [6.45, 7) is 10.9. The highest BCUT2D eigenvalue weighted by molar-refractivity contribution is 7.92. The van der Waals surface area contributed by atoms with Gasteiger partial charge in [0.25, 0.3) is 0 Å². The molecule has 2 aromatic carbocycles. The van der Waals surface area contributed by atoms with Crippen LogP contribution in [0.1, 0.15) is 50.8 Å². The van der Waals surface area contributed by atoms with E-state index in [-0.39, 0.29) is 12.5 Å².